The number of aromatic hydroxyl groups is 1. The van der Waals surface area contributed by atoms with Gasteiger partial charge >= 0.3 is 0 Å². The van der Waals surface area contributed by atoms with E-state index in [-0.39, 0.29) is 17.3 Å². The fraction of sp³-hybridized carbons (Fsp3) is 0. The van der Waals surface area contributed by atoms with Crippen LogP contribution in [0.15, 0.2) is 48.5 Å². The van der Waals surface area contributed by atoms with Gasteiger partial charge in [0.05, 0.1) is 5.69 Å². The average Bonchev–Trinajstić information content (AvgIpc) is 2.42. The van der Waals surface area contributed by atoms with Crippen LogP contribution in [0.25, 0.3) is 6.08 Å². The molecular formula is C15H11ClFNO2. The van der Waals surface area contributed by atoms with E-state index in [1.807, 2.05) is 0 Å². The summed E-state index contributed by atoms with van der Waals surface area (Å²) < 4.78 is 12.7. The molecule has 0 saturated heterocycles. The van der Waals surface area contributed by atoms with Crippen molar-refractivity contribution >= 4 is 29.3 Å². The Morgan fingerprint density at radius 3 is 2.60 bits per heavy atom. The van der Waals surface area contributed by atoms with Crippen molar-refractivity contribution in [3.63, 3.8) is 0 Å². The summed E-state index contributed by atoms with van der Waals surface area (Å²) in [5.41, 5.74) is 0.920. The molecule has 2 N–H and O–H groups in total. The largest absolute Gasteiger partial charge is 0.506 e. The molecular weight excluding hydrogens is 281 g/mol. The Labute approximate surface area is 120 Å². The van der Waals surface area contributed by atoms with Crippen molar-refractivity contribution < 1.29 is 14.3 Å². The van der Waals surface area contributed by atoms with E-state index in [0.717, 1.165) is 0 Å². The van der Waals surface area contributed by atoms with Crippen molar-refractivity contribution in [3.05, 3.63) is 64.9 Å². The second-order valence-electron chi connectivity index (χ2n) is 4.04. The van der Waals surface area contributed by atoms with E-state index in [1.165, 1.54) is 42.5 Å². The number of benzene rings is 2. The van der Waals surface area contributed by atoms with Gasteiger partial charge in [-0.05, 0) is 42.0 Å². The quantitative estimate of drug-likeness (QED) is 0.667. The molecule has 0 atom stereocenters. The maximum Gasteiger partial charge on any atom is 0.248 e. The third kappa shape index (κ3) is 3.83. The van der Waals surface area contributed by atoms with Crippen LogP contribution < -0.4 is 5.32 Å². The van der Waals surface area contributed by atoms with Crippen LogP contribution in [0.4, 0.5) is 10.1 Å². The summed E-state index contributed by atoms with van der Waals surface area (Å²) in [4.78, 5) is 11.7. The zero-order valence-corrected chi connectivity index (χ0v) is 11.1. The lowest BCUT2D eigenvalue weighted by molar-refractivity contribution is -0.111. The van der Waals surface area contributed by atoms with Crippen LogP contribution in [0.5, 0.6) is 5.75 Å². The van der Waals surface area contributed by atoms with E-state index in [0.29, 0.717) is 10.6 Å². The molecule has 0 aromatic heterocycles. The number of carbonyl (C=O) groups is 1. The lowest BCUT2D eigenvalue weighted by Crippen LogP contribution is -2.07. The van der Waals surface area contributed by atoms with E-state index < -0.39 is 5.91 Å². The number of halogens is 2. The molecule has 0 bridgehead atoms. The molecule has 102 valence electrons. The maximum atomic E-state index is 12.7. The first-order valence-electron chi connectivity index (χ1n) is 5.78. The van der Waals surface area contributed by atoms with Crippen LogP contribution in [0.1, 0.15) is 5.56 Å². The van der Waals surface area contributed by atoms with Crippen LogP contribution in [0, 0.1) is 5.82 Å². The van der Waals surface area contributed by atoms with Gasteiger partial charge in [-0.15, -0.1) is 0 Å². The summed E-state index contributed by atoms with van der Waals surface area (Å²) in [6, 6.07) is 10.1. The minimum absolute atomic E-state index is 0.0714. The van der Waals surface area contributed by atoms with Crippen molar-refractivity contribution in [2.75, 3.05) is 5.32 Å². The van der Waals surface area contributed by atoms with Gasteiger partial charge in [0.15, 0.2) is 0 Å². The molecule has 2 aromatic carbocycles. The van der Waals surface area contributed by atoms with Crippen molar-refractivity contribution in [1.82, 2.24) is 0 Å². The Morgan fingerprint density at radius 2 is 1.90 bits per heavy atom. The van der Waals surface area contributed by atoms with Gasteiger partial charge < -0.3 is 10.4 Å². The molecule has 0 aliphatic heterocycles. The van der Waals surface area contributed by atoms with Crippen LogP contribution in [-0.2, 0) is 4.79 Å². The van der Waals surface area contributed by atoms with E-state index in [9.17, 15) is 14.3 Å². The molecule has 0 spiro atoms. The van der Waals surface area contributed by atoms with Crippen molar-refractivity contribution in [2.45, 2.75) is 0 Å². The molecule has 2 aromatic rings. The van der Waals surface area contributed by atoms with Gasteiger partial charge in [0.2, 0.25) is 5.91 Å². The van der Waals surface area contributed by atoms with Crippen molar-refractivity contribution in [1.29, 1.82) is 0 Å². The highest BCUT2D eigenvalue weighted by Gasteiger charge is 2.04. The van der Waals surface area contributed by atoms with Crippen LogP contribution in [0.2, 0.25) is 5.02 Å². The summed E-state index contributed by atoms with van der Waals surface area (Å²) in [6.45, 7) is 0. The molecule has 2 rings (SSSR count). The van der Waals surface area contributed by atoms with Gasteiger partial charge in [-0.3, -0.25) is 4.79 Å². The first kappa shape index (κ1) is 14.1. The highest BCUT2D eigenvalue weighted by Crippen LogP contribution is 2.26. The molecule has 1 amide bonds. The molecule has 0 aliphatic rings. The molecule has 5 heteroatoms. The normalized spacial score (nSPS) is 10.7. The Hall–Kier alpha value is -2.33. The van der Waals surface area contributed by atoms with Crippen LogP contribution in [0.3, 0.4) is 0 Å². The highest BCUT2D eigenvalue weighted by molar-refractivity contribution is 6.31. The lowest BCUT2D eigenvalue weighted by Gasteiger charge is -2.05. The molecule has 0 heterocycles. The molecule has 20 heavy (non-hydrogen) atoms. The van der Waals surface area contributed by atoms with Gasteiger partial charge in [0, 0.05) is 11.1 Å². The van der Waals surface area contributed by atoms with Gasteiger partial charge in [0.1, 0.15) is 11.6 Å². The predicted octanol–water partition coefficient (Wildman–Crippen LogP) is 3.84. The Kier molecular flexibility index (Phi) is 4.38. The predicted molar refractivity (Wildman–Crippen MR) is 77.2 cm³/mol. The first-order chi connectivity index (χ1) is 9.54. The third-order valence-electron chi connectivity index (χ3n) is 2.51. The van der Waals surface area contributed by atoms with Crippen molar-refractivity contribution in [2.24, 2.45) is 0 Å². The average molecular weight is 292 g/mol. The number of amides is 1. The van der Waals surface area contributed by atoms with E-state index in [1.54, 1.807) is 12.1 Å². The van der Waals surface area contributed by atoms with Gasteiger partial charge in [0.25, 0.3) is 0 Å². The zero-order valence-electron chi connectivity index (χ0n) is 10.3. The number of anilines is 1. The number of phenolic OH excluding ortho intramolecular Hbond substituents is 1. The fourth-order valence-corrected chi connectivity index (χ4v) is 1.70. The minimum Gasteiger partial charge on any atom is -0.506 e. The second-order valence-corrected chi connectivity index (χ2v) is 4.47. The topological polar surface area (TPSA) is 49.3 Å². The van der Waals surface area contributed by atoms with Crippen LogP contribution >= 0.6 is 11.6 Å². The lowest BCUT2D eigenvalue weighted by atomic mass is 10.2. The number of hydrogen-bond acceptors (Lipinski definition) is 2. The molecule has 0 radical (unpaired) electrons. The summed E-state index contributed by atoms with van der Waals surface area (Å²) in [7, 11) is 0. The standard InChI is InChI=1S/C15H11ClFNO2/c16-11-4-7-14(19)13(9-11)18-15(20)8-3-10-1-5-12(17)6-2-10/h1-9,19H,(H,18,20)/b8-3+. The van der Waals surface area contributed by atoms with Crippen LogP contribution in [-0.4, -0.2) is 11.0 Å². The number of hydrogen-bond donors (Lipinski definition) is 2. The summed E-state index contributed by atoms with van der Waals surface area (Å²) >= 11 is 5.77. The summed E-state index contributed by atoms with van der Waals surface area (Å²) in [5, 5.41) is 12.5. The molecule has 0 aliphatic carbocycles. The minimum atomic E-state index is -0.424. The van der Waals surface area contributed by atoms with Gasteiger partial charge in [-0.2, -0.15) is 0 Å². The monoisotopic (exact) mass is 291 g/mol. The van der Waals surface area contributed by atoms with Crippen molar-refractivity contribution in [3.8, 4) is 5.75 Å². The van der Waals surface area contributed by atoms with Gasteiger partial charge in [-0.25, -0.2) is 4.39 Å². The van der Waals surface area contributed by atoms with Gasteiger partial charge in [-0.1, -0.05) is 23.7 Å². The number of nitrogens with one attached hydrogen (secondary N) is 1. The molecule has 3 nitrogen and oxygen atoms in total. The molecule has 0 unspecified atom stereocenters. The van der Waals surface area contributed by atoms with E-state index >= 15 is 0 Å². The Balaban J connectivity index is 2.05. The Morgan fingerprint density at radius 1 is 1.20 bits per heavy atom. The highest BCUT2D eigenvalue weighted by atomic mass is 35.5. The molecule has 0 fully saturated rings. The first-order valence-corrected chi connectivity index (χ1v) is 6.15. The SMILES string of the molecule is O=C(/C=C/c1ccc(F)cc1)Nc1cc(Cl)ccc1O. The number of carbonyl (C=O) groups excluding carboxylic acids is 1. The smallest absolute Gasteiger partial charge is 0.248 e. The third-order valence-corrected chi connectivity index (χ3v) is 2.75. The second kappa shape index (κ2) is 6.21. The van der Waals surface area contributed by atoms with E-state index in [2.05, 4.69) is 5.32 Å². The van der Waals surface area contributed by atoms with E-state index in [4.69, 9.17) is 11.6 Å². The zero-order chi connectivity index (χ0) is 14.5. The summed E-state index contributed by atoms with van der Waals surface area (Å²) in [5.74, 6) is -0.833. The maximum absolute atomic E-state index is 12.7. The molecule has 0 saturated carbocycles. The summed E-state index contributed by atoms with van der Waals surface area (Å²) in [6.07, 6.45) is 2.82. The fourth-order valence-electron chi connectivity index (χ4n) is 1.53. The Bertz CT molecular complexity index is 653. The number of phenols is 1. The number of rotatable bonds is 3.